The van der Waals surface area contributed by atoms with Crippen LogP contribution in [0.1, 0.15) is 30.5 Å². The summed E-state index contributed by atoms with van der Waals surface area (Å²) in [6, 6.07) is 7.58. The Hall–Kier alpha value is -2.35. The Balaban J connectivity index is 1.45. The number of nitrogens with zero attached hydrogens (tertiary/aromatic N) is 4. The first-order chi connectivity index (χ1) is 11.3. The lowest BCUT2D eigenvalue weighted by molar-refractivity contribution is 0.390. The van der Waals surface area contributed by atoms with Crippen LogP contribution in [0.2, 0.25) is 0 Å². The SMILES string of the molecule is COc1ccccc1-c1noc(CSc2n[nH]c(C3CC3)n2)n1. The third-order valence-corrected chi connectivity index (χ3v) is 4.42. The molecular formula is C15H15N5O2S. The fourth-order valence-electron chi connectivity index (χ4n) is 2.24. The van der Waals surface area contributed by atoms with Gasteiger partial charge in [-0.25, -0.2) is 4.98 Å². The van der Waals surface area contributed by atoms with Crippen molar-refractivity contribution >= 4 is 11.8 Å². The van der Waals surface area contributed by atoms with Crippen LogP contribution in [0.15, 0.2) is 33.9 Å². The van der Waals surface area contributed by atoms with E-state index in [1.807, 2.05) is 24.3 Å². The zero-order valence-electron chi connectivity index (χ0n) is 12.5. The Labute approximate surface area is 136 Å². The molecule has 1 aromatic carbocycles. The molecule has 0 spiro atoms. The summed E-state index contributed by atoms with van der Waals surface area (Å²) in [5.41, 5.74) is 0.809. The second-order valence-corrected chi connectivity index (χ2v) is 6.22. The van der Waals surface area contributed by atoms with Gasteiger partial charge in [0.05, 0.1) is 18.4 Å². The molecular weight excluding hydrogens is 314 g/mol. The molecule has 4 rings (SSSR count). The number of benzene rings is 1. The number of aromatic amines is 1. The lowest BCUT2D eigenvalue weighted by Gasteiger charge is -2.02. The molecule has 0 amide bonds. The van der Waals surface area contributed by atoms with Gasteiger partial charge in [-0.2, -0.15) is 4.98 Å². The highest BCUT2D eigenvalue weighted by atomic mass is 32.2. The molecule has 8 heteroatoms. The van der Waals surface area contributed by atoms with Crippen LogP contribution >= 0.6 is 11.8 Å². The van der Waals surface area contributed by atoms with Gasteiger partial charge in [0.25, 0.3) is 0 Å². The number of aromatic nitrogens is 5. The predicted octanol–water partition coefficient (Wildman–Crippen LogP) is 3.03. The molecule has 3 aromatic rings. The molecule has 23 heavy (non-hydrogen) atoms. The monoisotopic (exact) mass is 329 g/mol. The van der Waals surface area contributed by atoms with Gasteiger partial charge >= 0.3 is 0 Å². The van der Waals surface area contributed by atoms with E-state index < -0.39 is 0 Å². The molecule has 0 unspecified atom stereocenters. The highest BCUT2D eigenvalue weighted by Crippen LogP contribution is 2.38. The van der Waals surface area contributed by atoms with Crippen molar-refractivity contribution in [1.82, 2.24) is 25.3 Å². The van der Waals surface area contributed by atoms with Crippen LogP contribution < -0.4 is 4.74 Å². The van der Waals surface area contributed by atoms with Crippen molar-refractivity contribution in [2.45, 2.75) is 29.7 Å². The van der Waals surface area contributed by atoms with E-state index in [1.165, 1.54) is 24.6 Å². The van der Waals surface area contributed by atoms with Crippen molar-refractivity contribution in [2.75, 3.05) is 7.11 Å². The summed E-state index contributed by atoms with van der Waals surface area (Å²) in [6.45, 7) is 0. The van der Waals surface area contributed by atoms with Gasteiger partial charge in [0.1, 0.15) is 11.6 Å². The van der Waals surface area contributed by atoms with Gasteiger partial charge in [0.15, 0.2) is 0 Å². The smallest absolute Gasteiger partial charge is 0.237 e. The van der Waals surface area contributed by atoms with Crippen molar-refractivity contribution in [2.24, 2.45) is 0 Å². The number of thioether (sulfide) groups is 1. The Bertz CT molecular complexity index is 812. The third-order valence-electron chi connectivity index (χ3n) is 3.59. The molecule has 1 aliphatic rings. The van der Waals surface area contributed by atoms with Gasteiger partial charge in [-0.3, -0.25) is 5.10 Å². The quantitative estimate of drug-likeness (QED) is 0.695. The summed E-state index contributed by atoms with van der Waals surface area (Å²) >= 11 is 1.48. The minimum Gasteiger partial charge on any atom is -0.496 e. The summed E-state index contributed by atoms with van der Waals surface area (Å²) in [5, 5.41) is 11.9. The molecule has 1 fully saturated rings. The molecule has 1 aliphatic carbocycles. The van der Waals surface area contributed by atoms with E-state index in [-0.39, 0.29) is 0 Å². The van der Waals surface area contributed by atoms with Crippen LogP contribution in [-0.2, 0) is 5.75 Å². The largest absolute Gasteiger partial charge is 0.496 e. The molecule has 2 heterocycles. The van der Waals surface area contributed by atoms with Crippen LogP contribution in [0.3, 0.4) is 0 Å². The molecule has 2 aromatic heterocycles. The number of hydrogen-bond donors (Lipinski definition) is 1. The maximum absolute atomic E-state index is 5.32. The average Bonchev–Trinajstić information content (AvgIpc) is 3.15. The van der Waals surface area contributed by atoms with Gasteiger partial charge < -0.3 is 9.26 Å². The number of rotatable bonds is 6. The van der Waals surface area contributed by atoms with Gasteiger partial charge in [-0.1, -0.05) is 29.1 Å². The van der Waals surface area contributed by atoms with Gasteiger partial charge in [0, 0.05) is 5.92 Å². The highest BCUT2D eigenvalue weighted by molar-refractivity contribution is 7.98. The van der Waals surface area contributed by atoms with Crippen molar-refractivity contribution in [1.29, 1.82) is 0 Å². The van der Waals surface area contributed by atoms with Gasteiger partial charge in [-0.05, 0) is 25.0 Å². The van der Waals surface area contributed by atoms with Gasteiger partial charge in [-0.15, -0.1) is 5.10 Å². The van der Waals surface area contributed by atoms with Crippen molar-refractivity contribution in [3.63, 3.8) is 0 Å². The summed E-state index contributed by atoms with van der Waals surface area (Å²) in [7, 11) is 1.62. The molecule has 0 radical (unpaired) electrons. The third kappa shape index (κ3) is 3.07. The fraction of sp³-hybridized carbons (Fsp3) is 0.333. The number of para-hydroxylation sites is 1. The van der Waals surface area contributed by atoms with Crippen molar-refractivity contribution < 1.29 is 9.26 Å². The Morgan fingerprint density at radius 2 is 2.17 bits per heavy atom. The number of H-pyrrole nitrogens is 1. The van der Waals surface area contributed by atoms with E-state index in [2.05, 4.69) is 25.3 Å². The molecule has 1 N–H and O–H groups in total. The molecule has 0 aliphatic heterocycles. The number of ether oxygens (including phenoxy) is 1. The molecule has 1 saturated carbocycles. The number of nitrogens with one attached hydrogen (secondary N) is 1. The zero-order chi connectivity index (χ0) is 15.6. The normalized spacial score (nSPS) is 14.1. The van der Waals surface area contributed by atoms with Gasteiger partial charge in [0.2, 0.25) is 16.9 Å². The minimum atomic E-state index is 0.520. The van der Waals surface area contributed by atoms with E-state index in [1.54, 1.807) is 7.11 Å². The first-order valence-electron chi connectivity index (χ1n) is 7.34. The Morgan fingerprint density at radius 3 is 3.00 bits per heavy atom. The van der Waals surface area contributed by atoms with E-state index in [0.29, 0.717) is 28.5 Å². The maximum Gasteiger partial charge on any atom is 0.237 e. The van der Waals surface area contributed by atoms with Crippen molar-refractivity contribution in [3.05, 3.63) is 36.0 Å². The average molecular weight is 329 g/mol. The van der Waals surface area contributed by atoms with E-state index in [4.69, 9.17) is 9.26 Å². The van der Waals surface area contributed by atoms with E-state index in [9.17, 15) is 0 Å². The highest BCUT2D eigenvalue weighted by Gasteiger charge is 2.27. The van der Waals surface area contributed by atoms with Crippen LogP contribution in [0.25, 0.3) is 11.4 Å². The lowest BCUT2D eigenvalue weighted by Crippen LogP contribution is -1.89. The molecule has 118 valence electrons. The van der Waals surface area contributed by atoms with E-state index in [0.717, 1.165) is 17.1 Å². The molecule has 0 saturated heterocycles. The molecule has 0 bridgehead atoms. The first kappa shape index (κ1) is 14.3. The second kappa shape index (κ2) is 6.04. The molecule has 7 nitrogen and oxygen atoms in total. The minimum absolute atomic E-state index is 0.520. The van der Waals surface area contributed by atoms with Crippen LogP contribution in [0.4, 0.5) is 0 Å². The zero-order valence-corrected chi connectivity index (χ0v) is 13.3. The topological polar surface area (TPSA) is 89.7 Å². The van der Waals surface area contributed by atoms with Crippen molar-refractivity contribution in [3.8, 4) is 17.1 Å². The Morgan fingerprint density at radius 1 is 1.30 bits per heavy atom. The Kier molecular flexibility index (Phi) is 3.74. The predicted molar refractivity (Wildman–Crippen MR) is 84.2 cm³/mol. The van der Waals surface area contributed by atoms with Crippen LogP contribution in [0, 0.1) is 0 Å². The first-order valence-corrected chi connectivity index (χ1v) is 8.33. The standard InChI is InChI=1S/C15H15N5O2S/c1-21-11-5-3-2-4-10(11)14-16-12(22-20-14)8-23-15-17-13(18-19-15)9-6-7-9/h2-5,9H,6-8H2,1H3,(H,17,18,19). The lowest BCUT2D eigenvalue weighted by atomic mass is 10.2. The van der Waals surface area contributed by atoms with Crippen LogP contribution in [0.5, 0.6) is 5.75 Å². The summed E-state index contributed by atoms with van der Waals surface area (Å²) < 4.78 is 10.6. The van der Waals surface area contributed by atoms with E-state index >= 15 is 0 Å². The maximum atomic E-state index is 5.32. The fourth-order valence-corrected chi connectivity index (χ4v) is 2.88. The summed E-state index contributed by atoms with van der Waals surface area (Å²) in [4.78, 5) is 8.88. The second-order valence-electron chi connectivity index (χ2n) is 5.28. The molecule has 0 atom stereocenters. The van der Waals surface area contributed by atoms with Crippen LogP contribution in [-0.4, -0.2) is 32.4 Å². The number of hydrogen-bond acceptors (Lipinski definition) is 7. The summed E-state index contributed by atoms with van der Waals surface area (Å²) in [5.74, 6) is 3.85. The summed E-state index contributed by atoms with van der Waals surface area (Å²) in [6.07, 6.45) is 2.40. The number of methoxy groups -OCH3 is 1.